The average Bonchev–Trinajstić information content (AvgIpc) is 1.07. The molecule has 0 radical (unpaired) electrons. The Kier molecular flexibility index (Phi) is 14.9. The van der Waals surface area contributed by atoms with Crippen molar-refractivity contribution in [1.29, 1.82) is 0 Å². The molecule has 14 saturated carbocycles. The van der Waals surface area contributed by atoms with Crippen LogP contribution < -0.4 is 0 Å². The van der Waals surface area contributed by atoms with Gasteiger partial charge >= 0.3 is 0 Å². The topological polar surface area (TPSA) is 0 Å². The first kappa shape index (κ1) is 28.9. The van der Waals surface area contributed by atoms with Gasteiger partial charge in [0.05, 0.1) is 0 Å². The highest BCUT2D eigenvalue weighted by Crippen LogP contribution is 2.57. The van der Waals surface area contributed by atoms with E-state index < -0.39 is 138 Å². The second-order valence-electron chi connectivity index (χ2n) is 24.2. The van der Waals surface area contributed by atoms with Gasteiger partial charge in [-0.05, 0) is 171 Å². The number of fused-ring (bicyclic) bond motifs is 4. The van der Waals surface area contributed by atoms with Crippen molar-refractivity contribution < 1.29 is 49.3 Å². The lowest BCUT2D eigenvalue weighted by atomic mass is 9.51. The van der Waals surface area contributed by atoms with Gasteiger partial charge in [-0.15, -0.1) is 0 Å². The van der Waals surface area contributed by atoms with Crippen molar-refractivity contribution in [3.05, 3.63) is 0 Å². The summed E-state index contributed by atoms with van der Waals surface area (Å²) in [6.45, 7) is 17.0. The zero-order valence-electron chi connectivity index (χ0n) is 83.6. The van der Waals surface area contributed by atoms with E-state index in [1.54, 1.807) is 83.5 Å². The fourth-order valence-electron chi connectivity index (χ4n) is 14.8. The molecule has 14 rings (SSSR count). The maximum Gasteiger partial charge on any atom is 0.0269 e. The monoisotopic (exact) mass is 1040 g/mol. The van der Waals surface area contributed by atoms with Crippen LogP contribution in [0.25, 0.3) is 0 Å². The van der Waals surface area contributed by atoms with Crippen LogP contribution in [0.3, 0.4) is 0 Å². The zero-order chi connectivity index (χ0) is 83.6. The third-order valence-electron chi connectivity index (χ3n) is 19.1. The van der Waals surface area contributed by atoms with Gasteiger partial charge in [0, 0.05) is 49.3 Å². The Morgan fingerprint density at radius 1 is 0.292 bits per heavy atom. The number of hydrogen-bond acceptors (Lipinski definition) is 0. The second kappa shape index (κ2) is 37.0. The molecule has 0 amide bonds. The lowest BCUT2D eigenvalue weighted by molar-refractivity contribution is -0.0376. The molecule has 0 aromatic carbocycles. The first-order valence-electron chi connectivity index (χ1n) is 48.7. The standard InChI is InChI=1S/C12H20.C9H16.C8H14.2C8H16.3C7H14.C6H12/c1-2-12-10-4-8-3-9(6-10)7-11(12)5-8;1-2-8-5-7-3-4-9(8)6-7;1-6-4-7-2-3-8(6)5-7;2*1-2-8-6-4-3-5-7-8;1-7-5-3-2-4-6-7;2*1-2-7-5-3-4-6-7;1-6-4-2-3-5-6/h8-12H,2-7H2,1H3;7-9H,2-6H2,1H3;6-8H,2-5H2,1H3;2*8H,2-7H2,1H3;3*7H,2-6H2,1H3;6H,2-5H2,1H3/i;;;3D2,4D2,5D2,6D2,7D2;;2D2,3D2,4D2,5D2,6D2;3D2,4D2,5D2,6D2;;2D2,3D2,4D2,5D2. The summed E-state index contributed by atoms with van der Waals surface area (Å²) in [7, 11) is 0. The third kappa shape index (κ3) is 23.5. The summed E-state index contributed by atoms with van der Waals surface area (Å²) < 4.78 is 271. The van der Waals surface area contributed by atoms with Crippen LogP contribution >= 0.6 is 0 Å². The summed E-state index contributed by atoms with van der Waals surface area (Å²) in [4.78, 5) is 0. The minimum atomic E-state index is -3.27. The number of hydrogen-bond donors (Lipinski definition) is 0. The summed E-state index contributed by atoms with van der Waals surface area (Å²) >= 11 is 0. The van der Waals surface area contributed by atoms with Crippen molar-refractivity contribution in [2.45, 2.75) is 357 Å². The third-order valence-corrected chi connectivity index (χ3v) is 19.1. The second-order valence-corrected chi connectivity index (χ2v) is 24.2. The Balaban J connectivity index is 0.000000221. The van der Waals surface area contributed by atoms with Gasteiger partial charge in [0.1, 0.15) is 0 Å². The van der Waals surface area contributed by atoms with Gasteiger partial charge in [0.2, 0.25) is 0 Å². The van der Waals surface area contributed by atoms with Crippen molar-refractivity contribution in [2.75, 3.05) is 0 Å². The van der Waals surface area contributed by atoms with E-state index in [0.29, 0.717) is 0 Å². The van der Waals surface area contributed by atoms with Crippen LogP contribution in [0.1, 0.15) is 406 Å². The predicted molar refractivity (Wildman–Crippen MR) is 323 cm³/mol. The van der Waals surface area contributed by atoms with E-state index in [1.165, 1.54) is 104 Å². The maximum absolute atomic E-state index is 7.72. The van der Waals surface area contributed by atoms with Crippen LogP contribution in [0.2, 0.25) is 0 Å². The van der Waals surface area contributed by atoms with Gasteiger partial charge in [-0.3, -0.25) is 0 Å². The highest BCUT2D eigenvalue weighted by molar-refractivity contribution is 4.97. The summed E-state index contributed by atoms with van der Waals surface area (Å²) in [6.07, 6.45) is -11.7. The zero-order valence-corrected chi connectivity index (χ0v) is 47.6. The fourth-order valence-corrected chi connectivity index (χ4v) is 14.8. The largest absolute Gasteiger partial charge is 0.0651 e. The van der Waals surface area contributed by atoms with Crippen LogP contribution in [-0.4, -0.2) is 0 Å². The van der Waals surface area contributed by atoms with Crippen molar-refractivity contribution in [3.8, 4) is 0 Å². The first-order chi connectivity index (χ1) is 48.7. The van der Waals surface area contributed by atoms with Crippen LogP contribution in [0, 0.1) is 101 Å². The van der Waals surface area contributed by atoms with E-state index in [1.807, 2.05) is 0 Å². The Morgan fingerprint density at radius 3 is 0.958 bits per heavy atom. The minimum Gasteiger partial charge on any atom is -0.0651 e. The van der Waals surface area contributed by atoms with Gasteiger partial charge in [0.15, 0.2) is 0 Å². The predicted octanol–water partition coefficient (Wildman–Crippen LogP) is 24.7. The molecule has 0 heterocycles. The summed E-state index contributed by atoms with van der Waals surface area (Å²) in [6, 6.07) is 0. The molecule has 6 atom stereocenters. The quantitative estimate of drug-likeness (QED) is 0.249. The van der Waals surface area contributed by atoms with E-state index in [4.69, 9.17) is 49.3 Å². The van der Waals surface area contributed by atoms with Crippen LogP contribution in [0.15, 0.2) is 0 Å². The molecule has 14 aliphatic carbocycles. The Morgan fingerprint density at radius 2 is 0.667 bits per heavy atom. The molecule has 0 N–H and O–H groups in total. The molecule has 0 spiro atoms. The molecule has 0 saturated heterocycles. The molecule has 14 fully saturated rings. The molecule has 6 unspecified atom stereocenters. The minimum absolute atomic E-state index is 0.0685. The van der Waals surface area contributed by atoms with Gasteiger partial charge in [-0.1, -0.05) is 286 Å². The first-order valence-corrected chi connectivity index (χ1v) is 30.7. The van der Waals surface area contributed by atoms with Gasteiger partial charge < -0.3 is 0 Å². The highest BCUT2D eigenvalue weighted by Gasteiger charge is 2.47. The molecule has 0 heteroatoms. The molecule has 424 valence electrons. The maximum atomic E-state index is 7.72. The molecule has 0 nitrogen and oxygen atoms in total. The molecule has 8 bridgehead atoms. The lowest BCUT2D eigenvalue weighted by Crippen LogP contribution is -2.44. The summed E-state index contributed by atoms with van der Waals surface area (Å²) in [5.41, 5.74) is 0. The molecule has 0 aromatic rings. The van der Waals surface area contributed by atoms with Crippen molar-refractivity contribution in [2.24, 2.45) is 101 Å². The van der Waals surface area contributed by atoms with E-state index in [9.17, 15) is 0 Å². The van der Waals surface area contributed by atoms with Crippen molar-refractivity contribution >= 4 is 0 Å². The summed E-state index contributed by atoms with van der Waals surface area (Å²) in [5, 5.41) is 0. The number of rotatable bonds is 6. The molecule has 0 aliphatic heterocycles. The normalized spacial score (nSPS) is 55.7. The molecule has 72 heavy (non-hydrogen) atoms. The van der Waals surface area contributed by atoms with E-state index in [2.05, 4.69) is 34.6 Å². The van der Waals surface area contributed by atoms with Crippen molar-refractivity contribution in [1.82, 2.24) is 0 Å². The van der Waals surface area contributed by atoms with Crippen LogP contribution in [0.4, 0.5) is 0 Å². The Labute approximate surface area is 506 Å². The highest BCUT2D eigenvalue weighted by atomic mass is 14.5. The van der Waals surface area contributed by atoms with Crippen molar-refractivity contribution in [3.63, 3.8) is 0 Å². The smallest absolute Gasteiger partial charge is 0.0269 e. The Hall–Kier alpha value is 0. The lowest BCUT2D eigenvalue weighted by Gasteiger charge is -2.54. The SMILES string of the molecule is CC1CC2CCC1C2.CCC1C2CC3CC(C2)CC1C3.CCC1CC2CCC1C2.CCC1CCCC1.CCC1CCCCC1.[2H]C1([2H])C(C)C([2H])([2H])C([2H])([2H])C([2H])([2H])C1([2H])[2H].[2H]C1([2H])C(C)C([2H])([2H])C([2H])([2H])C1([2H])[2H].[2H]C1([2H])C(CC)C([2H])([2H])C([2H])([2H])C([2H])([2H])C1([2H])[2H].[2H]C1([2H])C(CC)C([2H])([2H])C([2H])([2H])C1([2H])[2H]. The van der Waals surface area contributed by atoms with E-state index in [-0.39, 0.29) is 12.8 Å². The Bertz CT molecular complexity index is 2690. The van der Waals surface area contributed by atoms with Gasteiger partial charge in [0.25, 0.3) is 0 Å². The van der Waals surface area contributed by atoms with Gasteiger partial charge in [-0.25, -0.2) is 0 Å². The molecular formula is C72H136. The average molecular weight is 1040 g/mol. The van der Waals surface area contributed by atoms with E-state index in [0.717, 1.165) is 83.9 Å². The summed E-state index contributed by atoms with van der Waals surface area (Å²) in [5.74, 6) is 9.01. The van der Waals surface area contributed by atoms with Gasteiger partial charge in [-0.2, -0.15) is 0 Å². The van der Waals surface area contributed by atoms with Crippen LogP contribution in [0.5, 0.6) is 0 Å². The molecule has 0 aromatic heterocycles. The molecular weight excluding hydrogens is 865 g/mol. The van der Waals surface area contributed by atoms with E-state index >= 15 is 0 Å². The van der Waals surface area contributed by atoms with Crippen LogP contribution in [-0.2, 0) is 0 Å². The fraction of sp³-hybridized carbons (Fsp3) is 1.00. The molecule has 14 aliphatic rings.